The van der Waals surface area contributed by atoms with Crippen LogP contribution in [0.5, 0.6) is 5.75 Å². The fourth-order valence-electron chi connectivity index (χ4n) is 1.35. The Bertz CT molecular complexity index is 394. The smallest absolute Gasteiger partial charge is 0.490 e. The van der Waals surface area contributed by atoms with Crippen molar-refractivity contribution in [1.29, 1.82) is 0 Å². The van der Waals surface area contributed by atoms with E-state index in [1.807, 2.05) is 0 Å². The molecule has 1 aromatic carbocycles. The molecular formula is C10H11BF2O3. The molecule has 0 radical (unpaired) electrons. The second-order valence-electron chi connectivity index (χ2n) is 3.93. The second kappa shape index (κ2) is 4.39. The Morgan fingerprint density at radius 3 is 2.50 bits per heavy atom. The number of hydrogen-bond acceptors (Lipinski definition) is 3. The molecule has 2 rings (SSSR count). The zero-order chi connectivity index (χ0) is 11.7. The van der Waals surface area contributed by atoms with Gasteiger partial charge in [-0.15, -0.1) is 0 Å². The van der Waals surface area contributed by atoms with E-state index in [-0.39, 0.29) is 11.2 Å². The molecule has 0 unspecified atom stereocenters. The van der Waals surface area contributed by atoms with Crippen molar-refractivity contribution in [3.63, 3.8) is 0 Å². The predicted molar refractivity (Wildman–Crippen MR) is 54.4 cm³/mol. The maximum atomic E-state index is 13.2. The zero-order valence-corrected chi connectivity index (χ0v) is 8.49. The van der Waals surface area contributed by atoms with Gasteiger partial charge in [-0.1, -0.05) is 0 Å². The summed E-state index contributed by atoms with van der Waals surface area (Å²) >= 11 is 0. The molecule has 0 bridgehead atoms. The number of hydrogen-bond donors (Lipinski definition) is 2. The third-order valence-corrected chi connectivity index (χ3v) is 2.50. The summed E-state index contributed by atoms with van der Waals surface area (Å²) in [6, 6.07) is 1.58. The molecule has 16 heavy (non-hydrogen) atoms. The lowest BCUT2D eigenvalue weighted by Gasteiger charge is -2.09. The van der Waals surface area contributed by atoms with Crippen LogP contribution in [0.15, 0.2) is 12.1 Å². The zero-order valence-electron chi connectivity index (χ0n) is 8.49. The van der Waals surface area contributed by atoms with Crippen molar-refractivity contribution < 1.29 is 23.6 Å². The average molecular weight is 228 g/mol. The van der Waals surface area contributed by atoms with E-state index in [0.29, 0.717) is 18.6 Å². The minimum absolute atomic E-state index is 0.142. The summed E-state index contributed by atoms with van der Waals surface area (Å²) in [7, 11) is -1.97. The van der Waals surface area contributed by atoms with Gasteiger partial charge in [0.2, 0.25) is 0 Å². The maximum absolute atomic E-state index is 13.2. The molecule has 0 saturated heterocycles. The Kier molecular flexibility index (Phi) is 3.11. The fraction of sp³-hybridized carbons (Fsp3) is 0.400. The summed E-state index contributed by atoms with van der Waals surface area (Å²) in [6.07, 6.45) is 2.11. The Balaban J connectivity index is 2.18. The maximum Gasteiger partial charge on any atom is 0.491 e. The van der Waals surface area contributed by atoms with Crippen molar-refractivity contribution in [2.24, 2.45) is 5.92 Å². The van der Waals surface area contributed by atoms with Gasteiger partial charge in [-0.3, -0.25) is 0 Å². The lowest BCUT2D eigenvalue weighted by molar-refractivity contribution is 0.284. The van der Waals surface area contributed by atoms with Gasteiger partial charge in [0.1, 0.15) is 5.82 Å². The van der Waals surface area contributed by atoms with Crippen molar-refractivity contribution in [3.8, 4) is 5.75 Å². The molecule has 1 aliphatic rings. The van der Waals surface area contributed by atoms with Gasteiger partial charge in [-0.2, -0.15) is 0 Å². The third kappa shape index (κ3) is 2.51. The monoisotopic (exact) mass is 228 g/mol. The fourth-order valence-corrected chi connectivity index (χ4v) is 1.35. The van der Waals surface area contributed by atoms with E-state index in [1.54, 1.807) is 0 Å². The summed E-state index contributed by atoms with van der Waals surface area (Å²) in [5, 5.41) is 17.7. The van der Waals surface area contributed by atoms with Gasteiger partial charge >= 0.3 is 7.12 Å². The number of benzene rings is 1. The van der Waals surface area contributed by atoms with Crippen LogP contribution >= 0.6 is 0 Å². The van der Waals surface area contributed by atoms with Gasteiger partial charge in [0.15, 0.2) is 11.6 Å². The molecule has 2 N–H and O–H groups in total. The van der Waals surface area contributed by atoms with Crippen molar-refractivity contribution in [3.05, 3.63) is 23.8 Å². The van der Waals surface area contributed by atoms with Crippen LogP contribution in [0.4, 0.5) is 8.78 Å². The predicted octanol–water partition coefficient (Wildman–Crippen LogP) is 0.433. The molecule has 86 valence electrons. The van der Waals surface area contributed by atoms with Crippen LogP contribution < -0.4 is 10.2 Å². The van der Waals surface area contributed by atoms with Crippen LogP contribution in [0.3, 0.4) is 0 Å². The highest BCUT2D eigenvalue weighted by molar-refractivity contribution is 6.58. The minimum atomic E-state index is -1.97. The Morgan fingerprint density at radius 1 is 1.25 bits per heavy atom. The van der Waals surface area contributed by atoms with E-state index in [2.05, 4.69) is 0 Å². The molecule has 0 aliphatic heterocycles. The summed E-state index contributed by atoms with van der Waals surface area (Å²) < 4.78 is 31.5. The molecule has 0 spiro atoms. The highest BCUT2D eigenvalue weighted by Gasteiger charge is 2.24. The van der Waals surface area contributed by atoms with Crippen LogP contribution in [-0.4, -0.2) is 23.8 Å². The van der Waals surface area contributed by atoms with Crippen molar-refractivity contribution >= 4 is 12.6 Å². The van der Waals surface area contributed by atoms with E-state index in [4.69, 9.17) is 14.8 Å². The molecule has 3 nitrogen and oxygen atoms in total. The van der Waals surface area contributed by atoms with E-state index >= 15 is 0 Å². The second-order valence-corrected chi connectivity index (χ2v) is 3.93. The standard InChI is InChI=1S/C10H11BF2O3/c12-8-4-9(13)10(3-7(8)11(14)15)16-5-6-1-2-6/h3-4,6,14-15H,1-2,5H2. The van der Waals surface area contributed by atoms with Gasteiger partial charge in [0.05, 0.1) is 6.61 Å². The first-order valence-corrected chi connectivity index (χ1v) is 5.06. The van der Waals surface area contributed by atoms with Gasteiger partial charge < -0.3 is 14.8 Å². The van der Waals surface area contributed by atoms with E-state index in [9.17, 15) is 8.78 Å². The van der Waals surface area contributed by atoms with E-state index < -0.39 is 18.8 Å². The largest absolute Gasteiger partial charge is 0.491 e. The van der Waals surface area contributed by atoms with Crippen LogP contribution in [0, 0.1) is 17.6 Å². The van der Waals surface area contributed by atoms with Gasteiger partial charge in [-0.05, 0) is 24.8 Å². The van der Waals surface area contributed by atoms with Crippen LogP contribution in [0.25, 0.3) is 0 Å². The molecule has 0 aromatic heterocycles. The SMILES string of the molecule is OB(O)c1cc(OCC2CC2)c(F)cc1F. The van der Waals surface area contributed by atoms with Crippen LogP contribution in [0.2, 0.25) is 0 Å². The Labute approximate surface area is 91.8 Å². The number of ether oxygens (including phenoxy) is 1. The minimum Gasteiger partial charge on any atom is -0.490 e. The van der Waals surface area contributed by atoms with E-state index in [1.165, 1.54) is 0 Å². The summed E-state index contributed by atoms with van der Waals surface area (Å²) in [5.74, 6) is -1.53. The van der Waals surface area contributed by atoms with Crippen molar-refractivity contribution in [1.82, 2.24) is 0 Å². The molecule has 1 aliphatic carbocycles. The molecule has 1 saturated carbocycles. The van der Waals surface area contributed by atoms with Crippen molar-refractivity contribution in [2.45, 2.75) is 12.8 Å². The third-order valence-electron chi connectivity index (χ3n) is 2.50. The lowest BCUT2D eigenvalue weighted by Crippen LogP contribution is -2.33. The normalized spacial score (nSPS) is 15.0. The van der Waals surface area contributed by atoms with Crippen LogP contribution in [-0.2, 0) is 0 Å². The molecule has 0 atom stereocenters. The number of halogens is 2. The summed E-state index contributed by atoms with van der Waals surface area (Å²) in [4.78, 5) is 0. The first-order valence-electron chi connectivity index (χ1n) is 5.06. The molecule has 6 heteroatoms. The quantitative estimate of drug-likeness (QED) is 0.735. The molecule has 1 aromatic rings. The van der Waals surface area contributed by atoms with Crippen LogP contribution in [0.1, 0.15) is 12.8 Å². The topological polar surface area (TPSA) is 49.7 Å². The average Bonchev–Trinajstić information content (AvgIpc) is 2.99. The lowest BCUT2D eigenvalue weighted by atomic mass is 9.80. The first-order chi connectivity index (χ1) is 7.58. The highest BCUT2D eigenvalue weighted by atomic mass is 19.1. The number of rotatable bonds is 4. The molecular weight excluding hydrogens is 217 g/mol. The molecule has 1 fully saturated rings. The van der Waals surface area contributed by atoms with Gasteiger partial charge in [-0.25, -0.2) is 8.78 Å². The van der Waals surface area contributed by atoms with Gasteiger partial charge in [0, 0.05) is 11.5 Å². The van der Waals surface area contributed by atoms with Crippen molar-refractivity contribution in [2.75, 3.05) is 6.61 Å². The Hall–Kier alpha value is -1.14. The Morgan fingerprint density at radius 2 is 1.94 bits per heavy atom. The molecule has 0 amide bonds. The highest BCUT2D eigenvalue weighted by Crippen LogP contribution is 2.30. The van der Waals surface area contributed by atoms with Gasteiger partial charge in [0.25, 0.3) is 0 Å². The van der Waals surface area contributed by atoms with E-state index in [0.717, 1.165) is 18.9 Å². The molecule has 0 heterocycles. The summed E-state index contributed by atoms with van der Waals surface area (Å²) in [5.41, 5.74) is -0.382. The summed E-state index contributed by atoms with van der Waals surface area (Å²) in [6.45, 7) is 0.378. The first kappa shape index (κ1) is 11.4.